The molecule has 1 fully saturated rings. The number of nitrogens with one attached hydrogen (secondary N) is 1. The molecule has 1 saturated heterocycles. The largest absolute Gasteiger partial charge is 0.317 e. The quantitative estimate of drug-likeness (QED) is 0.830. The lowest BCUT2D eigenvalue weighted by Gasteiger charge is -2.24. The molecule has 2 aromatic rings. The molecule has 3 rings (SSSR count). The second-order valence-electron chi connectivity index (χ2n) is 4.60. The van der Waals surface area contributed by atoms with E-state index in [2.05, 4.69) is 10.3 Å². The van der Waals surface area contributed by atoms with Gasteiger partial charge in [-0.15, -0.1) is 0 Å². The van der Waals surface area contributed by atoms with Crippen LogP contribution in [0.4, 0.5) is 4.39 Å². The fraction of sp³-hybridized carbons (Fsp3) is 0.385. The van der Waals surface area contributed by atoms with E-state index < -0.39 is 5.82 Å². The third-order valence-corrected chi connectivity index (χ3v) is 3.45. The van der Waals surface area contributed by atoms with Gasteiger partial charge in [0.05, 0.1) is 17.2 Å². The number of hydrogen-bond acceptors (Lipinski definition) is 3. The summed E-state index contributed by atoms with van der Waals surface area (Å²) >= 11 is 0. The molecule has 0 atom stereocenters. The number of piperidine rings is 1. The predicted molar refractivity (Wildman–Crippen MR) is 67.1 cm³/mol. The van der Waals surface area contributed by atoms with Crippen LogP contribution in [0.3, 0.4) is 0 Å². The summed E-state index contributed by atoms with van der Waals surface area (Å²) in [6.45, 7) is 1.80. The molecule has 1 aromatic carbocycles. The Morgan fingerprint density at radius 2 is 2.11 bits per heavy atom. The van der Waals surface area contributed by atoms with E-state index in [1.54, 1.807) is 17.0 Å². The standard InChI is InChI=1S/C13H14FN3O/c14-9-1-2-12-11(7-9)13(18)17(8-16-12)10-3-5-15-6-4-10/h1-2,7-8,10,15H,3-6H2. The van der Waals surface area contributed by atoms with E-state index in [-0.39, 0.29) is 11.6 Å². The van der Waals surface area contributed by atoms with Crippen molar-refractivity contribution in [3.63, 3.8) is 0 Å². The molecule has 4 nitrogen and oxygen atoms in total. The lowest BCUT2D eigenvalue weighted by atomic mass is 10.1. The van der Waals surface area contributed by atoms with E-state index in [0.717, 1.165) is 25.9 Å². The van der Waals surface area contributed by atoms with Gasteiger partial charge in [-0.3, -0.25) is 9.36 Å². The van der Waals surface area contributed by atoms with Crippen LogP contribution < -0.4 is 10.9 Å². The van der Waals surface area contributed by atoms with E-state index in [4.69, 9.17) is 0 Å². The van der Waals surface area contributed by atoms with Gasteiger partial charge in [0.2, 0.25) is 0 Å². The molecule has 0 unspecified atom stereocenters. The van der Waals surface area contributed by atoms with Crippen molar-refractivity contribution in [2.24, 2.45) is 0 Å². The SMILES string of the molecule is O=c1c2cc(F)ccc2ncn1C1CCNCC1. The predicted octanol–water partition coefficient (Wildman–Crippen LogP) is 1.46. The highest BCUT2D eigenvalue weighted by molar-refractivity contribution is 5.77. The van der Waals surface area contributed by atoms with Crippen molar-refractivity contribution in [3.8, 4) is 0 Å². The molecule has 0 radical (unpaired) electrons. The van der Waals surface area contributed by atoms with Crippen LogP contribution >= 0.6 is 0 Å². The molecule has 0 bridgehead atoms. The Labute approximate surface area is 103 Å². The molecule has 5 heteroatoms. The van der Waals surface area contributed by atoms with Crippen LogP contribution in [0.15, 0.2) is 29.3 Å². The molecule has 1 N–H and O–H groups in total. The molecule has 2 heterocycles. The third-order valence-electron chi connectivity index (χ3n) is 3.45. The minimum absolute atomic E-state index is 0.147. The third kappa shape index (κ3) is 1.90. The fourth-order valence-electron chi connectivity index (χ4n) is 2.45. The lowest BCUT2D eigenvalue weighted by Crippen LogP contribution is -2.34. The minimum Gasteiger partial charge on any atom is -0.317 e. The normalized spacial score (nSPS) is 17.2. The van der Waals surface area contributed by atoms with Crippen LogP contribution in [0.2, 0.25) is 0 Å². The Morgan fingerprint density at radius 1 is 1.33 bits per heavy atom. The first-order chi connectivity index (χ1) is 8.75. The van der Waals surface area contributed by atoms with Gasteiger partial charge in [0.25, 0.3) is 5.56 Å². The molecule has 1 aliphatic heterocycles. The summed E-state index contributed by atoms with van der Waals surface area (Å²) < 4.78 is 14.8. The maximum Gasteiger partial charge on any atom is 0.261 e. The second-order valence-corrected chi connectivity index (χ2v) is 4.60. The minimum atomic E-state index is -0.399. The van der Waals surface area contributed by atoms with Gasteiger partial charge in [-0.05, 0) is 44.1 Å². The molecule has 18 heavy (non-hydrogen) atoms. The molecule has 94 valence electrons. The number of halogens is 1. The Balaban J connectivity index is 2.13. The summed E-state index contributed by atoms with van der Waals surface area (Å²) in [5.74, 6) is -0.399. The summed E-state index contributed by atoms with van der Waals surface area (Å²) in [6.07, 6.45) is 3.39. The van der Waals surface area contributed by atoms with Crippen molar-refractivity contribution in [1.29, 1.82) is 0 Å². The first-order valence-electron chi connectivity index (χ1n) is 6.13. The topological polar surface area (TPSA) is 46.9 Å². The van der Waals surface area contributed by atoms with Crippen LogP contribution in [0.25, 0.3) is 10.9 Å². The average Bonchev–Trinajstić information content (AvgIpc) is 2.41. The Bertz CT molecular complexity index is 632. The van der Waals surface area contributed by atoms with Crippen LogP contribution in [0.5, 0.6) is 0 Å². The maximum absolute atomic E-state index is 13.2. The number of rotatable bonds is 1. The van der Waals surface area contributed by atoms with E-state index in [1.807, 2.05) is 0 Å². The Kier molecular flexibility index (Phi) is 2.83. The number of nitrogens with zero attached hydrogens (tertiary/aromatic N) is 2. The van der Waals surface area contributed by atoms with Gasteiger partial charge in [0, 0.05) is 6.04 Å². The molecular formula is C13H14FN3O. The molecule has 0 amide bonds. The zero-order valence-electron chi connectivity index (χ0n) is 9.90. The first kappa shape index (κ1) is 11.3. The molecule has 0 spiro atoms. The van der Waals surface area contributed by atoms with Gasteiger partial charge in [0.1, 0.15) is 5.82 Å². The van der Waals surface area contributed by atoms with Crippen molar-refractivity contribution in [2.75, 3.05) is 13.1 Å². The Hall–Kier alpha value is -1.75. The van der Waals surface area contributed by atoms with Gasteiger partial charge in [-0.25, -0.2) is 9.37 Å². The van der Waals surface area contributed by atoms with Crippen LogP contribution in [-0.4, -0.2) is 22.6 Å². The van der Waals surface area contributed by atoms with E-state index in [1.165, 1.54) is 12.1 Å². The zero-order valence-corrected chi connectivity index (χ0v) is 9.90. The summed E-state index contributed by atoms with van der Waals surface area (Å²) in [6, 6.07) is 4.30. The summed E-state index contributed by atoms with van der Waals surface area (Å²) in [5.41, 5.74) is 0.401. The molecule has 0 saturated carbocycles. The smallest absolute Gasteiger partial charge is 0.261 e. The molecule has 0 aliphatic carbocycles. The number of benzene rings is 1. The van der Waals surface area contributed by atoms with Crippen LogP contribution in [0.1, 0.15) is 18.9 Å². The van der Waals surface area contributed by atoms with E-state index >= 15 is 0 Å². The van der Waals surface area contributed by atoms with Gasteiger partial charge in [-0.2, -0.15) is 0 Å². The van der Waals surface area contributed by atoms with Crippen molar-refractivity contribution in [3.05, 3.63) is 40.7 Å². The second kappa shape index (κ2) is 4.49. The molecule has 1 aromatic heterocycles. The highest BCUT2D eigenvalue weighted by Gasteiger charge is 2.17. The zero-order chi connectivity index (χ0) is 12.5. The van der Waals surface area contributed by atoms with Crippen LogP contribution in [0, 0.1) is 5.82 Å². The molecular weight excluding hydrogens is 233 g/mol. The Morgan fingerprint density at radius 3 is 2.89 bits per heavy atom. The number of fused-ring (bicyclic) bond motifs is 1. The van der Waals surface area contributed by atoms with Crippen molar-refractivity contribution in [1.82, 2.24) is 14.9 Å². The molecule has 1 aliphatic rings. The van der Waals surface area contributed by atoms with E-state index in [9.17, 15) is 9.18 Å². The number of aromatic nitrogens is 2. The number of hydrogen-bond donors (Lipinski definition) is 1. The van der Waals surface area contributed by atoms with E-state index in [0.29, 0.717) is 10.9 Å². The maximum atomic E-state index is 13.2. The summed E-state index contributed by atoms with van der Waals surface area (Å²) in [5, 5.41) is 3.61. The summed E-state index contributed by atoms with van der Waals surface area (Å²) in [4.78, 5) is 16.6. The first-order valence-corrected chi connectivity index (χ1v) is 6.13. The van der Waals surface area contributed by atoms with Gasteiger partial charge in [-0.1, -0.05) is 0 Å². The lowest BCUT2D eigenvalue weighted by molar-refractivity contribution is 0.359. The van der Waals surface area contributed by atoms with Crippen LogP contribution in [-0.2, 0) is 0 Å². The summed E-state index contributed by atoms with van der Waals surface area (Å²) in [7, 11) is 0. The monoisotopic (exact) mass is 247 g/mol. The highest BCUT2D eigenvalue weighted by Crippen LogP contribution is 2.17. The van der Waals surface area contributed by atoms with Crippen molar-refractivity contribution < 1.29 is 4.39 Å². The van der Waals surface area contributed by atoms with Crippen molar-refractivity contribution in [2.45, 2.75) is 18.9 Å². The van der Waals surface area contributed by atoms with Gasteiger partial charge < -0.3 is 5.32 Å². The highest BCUT2D eigenvalue weighted by atomic mass is 19.1. The fourth-order valence-corrected chi connectivity index (χ4v) is 2.45. The van der Waals surface area contributed by atoms with Gasteiger partial charge in [0.15, 0.2) is 0 Å². The van der Waals surface area contributed by atoms with Gasteiger partial charge >= 0.3 is 0 Å². The average molecular weight is 247 g/mol. The van der Waals surface area contributed by atoms with Crippen molar-refractivity contribution >= 4 is 10.9 Å².